The molecule has 2 heterocycles. The highest BCUT2D eigenvalue weighted by atomic mass is 35.5. The fourth-order valence-corrected chi connectivity index (χ4v) is 4.14. The van der Waals surface area contributed by atoms with E-state index in [1.165, 1.54) is 6.92 Å². The Labute approximate surface area is 226 Å². The molecule has 1 aliphatic rings. The molecule has 38 heavy (non-hydrogen) atoms. The molecule has 10 nitrogen and oxygen atoms in total. The maximum absolute atomic E-state index is 12.9. The van der Waals surface area contributed by atoms with Crippen LogP contribution in [0, 0.1) is 0 Å². The first-order valence-electron chi connectivity index (χ1n) is 12.4. The Bertz CT molecular complexity index is 1260. The van der Waals surface area contributed by atoms with Crippen LogP contribution in [0.3, 0.4) is 0 Å². The van der Waals surface area contributed by atoms with Gasteiger partial charge in [-0.3, -0.25) is 19.3 Å². The molecule has 0 spiro atoms. The van der Waals surface area contributed by atoms with Crippen LogP contribution in [-0.4, -0.2) is 76.8 Å². The van der Waals surface area contributed by atoms with Crippen LogP contribution in [0.4, 0.5) is 11.6 Å². The number of nitrogens with zero attached hydrogens (tertiary/aromatic N) is 4. The predicted octanol–water partition coefficient (Wildman–Crippen LogP) is 2.63. The number of carbonyl (C=O) groups excluding carboxylic acids is 3. The highest BCUT2D eigenvalue weighted by Crippen LogP contribution is 2.20. The third-order valence-corrected chi connectivity index (χ3v) is 6.23. The lowest BCUT2D eigenvalue weighted by Gasteiger charge is -2.34. The number of halogens is 1. The summed E-state index contributed by atoms with van der Waals surface area (Å²) in [5.74, 6) is -0.414. The molecule has 2 aromatic carbocycles. The maximum Gasteiger partial charge on any atom is 0.315 e. The van der Waals surface area contributed by atoms with Crippen molar-refractivity contribution < 1.29 is 14.4 Å². The number of anilines is 2. The predicted molar refractivity (Wildman–Crippen MR) is 147 cm³/mol. The Morgan fingerprint density at radius 1 is 0.895 bits per heavy atom. The summed E-state index contributed by atoms with van der Waals surface area (Å²) in [6, 6.07) is 18.6. The van der Waals surface area contributed by atoms with Gasteiger partial charge >= 0.3 is 11.8 Å². The van der Waals surface area contributed by atoms with Gasteiger partial charge in [0.15, 0.2) is 5.82 Å². The van der Waals surface area contributed by atoms with Crippen molar-refractivity contribution in [3.05, 3.63) is 71.2 Å². The van der Waals surface area contributed by atoms with Crippen LogP contribution in [-0.2, 0) is 20.9 Å². The Balaban J connectivity index is 1.37. The van der Waals surface area contributed by atoms with E-state index in [-0.39, 0.29) is 11.7 Å². The zero-order valence-corrected chi connectivity index (χ0v) is 21.9. The SMILES string of the molecule is CC(=O)NCCNc1cc(NC(=O)C(=O)N2CCN(Cc3ccc(Cl)cc3)CC2)nc(-c2ccccc2)n1. The standard InChI is InChI=1S/C27H30ClN7O3/c1-19(36)29-11-12-30-23-17-24(32-25(31-23)21-5-3-2-4-6-21)33-26(37)27(38)35-15-13-34(14-16-35)18-20-7-9-22(28)10-8-20/h2-10,17H,11-16,18H2,1H3,(H,29,36)(H2,30,31,32,33,37). The second-order valence-corrected chi connectivity index (χ2v) is 9.32. The molecule has 3 amide bonds. The highest BCUT2D eigenvalue weighted by molar-refractivity contribution is 6.39. The number of piperazine rings is 1. The van der Waals surface area contributed by atoms with Crippen molar-refractivity contribution >= 4 is 41.0 Å². The summed E-state index contributed by atoms with van der Waals surface area (Å²) in [5.41, 5.74) is 1.91. The molecular weight excluding hydrogens is 506 g/mol. The number of carbonyl (C=O) groups is 3. The van der Waals surface area contributed by atoms with Crippen molar-refractivity contribution in [1.29, 1.82) is 0 Å². The molecule has 198 valence electrons. The molecule has 1 aliphatic heterocycles. The average Bonchev–Trinajstić information content (AvgIpc) is 2.92. The van der Waals surface area contributed by atoms with Crippen molar-refractivity contribution in [3.8, 4) is 11.4 Å². The molecule has 0 aliphatic carbocycles. The van der Waals surface area contributed by atoms with Gasteiger partial charge in [0.1, 0.15) is 11.6 Å². The fourth-order valence-electron chi connectivity index (χ4n) is 4.02. The Morgan fingerprint density at radius 3 is 2.26 bits per heavy atom. The first kappa shape index (κ1) is 27.0. The molecule has 1 saturated heterocycles. The van der Waals surface area contributed by atoms with Crippen molar-refractivity contribution in [2.24, 2.45) is 0 Å². The van der Waals surface area contributed by atoms with Crippen molar-refractivity contribution in [2.75, 3.05) is 49.9 Å². The van der Waals surface area contributed by atoms with E-state index >= 15 is 0 Å². The summed E-state index contributed by atoms with van der Waals surface area (Å²) in [7, 11) is 0. The second-order valence-electron chi connectivity index (χ2n) is 8.89. The summed E-state index contributed by atoms with van der Waals surface area (Å²) >= 11 is 5.96. The summed E-state index contributed by atoms with van der Waals surface area (Å²) < 4.78 is 0. The van der Waals surface area contributed by atoms with E-state index in [4.69, 9.17) is 11.6 Å². The van der Waals surface area contributed by atoms with E-state index in [1.54, 1.807) is 11.0 Å². The molecule has 0 saturated carbocycles. The van der Waals surface area contributed by atoms with Gasteiger partial charge in [-0.15, -0.1) is 0 Å². The van der Waals surface area contributed by atoms with E-state index in [0.717, 1.165) is 17.7 Å². The minimum absolute atomic E-state index is 0.128. The van der Waals surface area contributed by atoms with Crippen LogP contribution in [0.15, 0.2) is 60.7 Å². The van der Waals surface area contributed by atoms with Gasteiger partial charge in [0.05, 0.1) is 0 Å². The Kier molecular flexibility index (Phi) is 9.23. The first-order valence-corrected chi connectivity index (χ1v) is 12.7. The summed E-state index contributed by atoms with van der Waals surface area (Å²) in [6.07, 6.45) is 0. The lowest BCUT2D eigenvalue weighted by atomic mass is 10.2. The largest absolute Gasteiger partial charge is 0.368 e. The lowest BCUT2D eigenvalue weighted by Crippen LogP contribution is -2.51. The van der Waals surface area contributed by atoms with Crippen LogP contribution >= 0.6 is 11.6 Å². The lowest BCUT2D eigenvalue weighted by molar-refractivity contribution is -0.144. The van der Waals surface area contributed by atoms with Gasteiger partial charge in [0.25, 0.3) is 0 Å². The molecular formula is C27H30ClN7O3. The Morgan fingerprint density at radius 2 is 1.58 bits per heavy atom. The molecule has 4 rings (SSSR count). The van der Waals surface area contributed by atoms with Gasteiger partial charge < -0.3 is 20.9 Å². The van der Waals surface area contributed by atoms with Crippen LogP contribution in [0.25, 0.3) is 11.4 Å². The monoisotopic (exact) mass is 535 g/mol. The Hall–Kier alpha value is -4.02. The number of rotatable bonds is 8. The molecule has 0 atom stereocenters. The van der Waals surface area contributed by atoms with Crippen molar-refractivity contribution in [2.45, 2.75) is 13.5 Å². The second kappa shape index (κ2) is 13.0. The topological polar surface area (TPSA) is 120 Å². The molecule has 0 radical (unpaired) electrons. The maximum atomic E-state index is 12.9. The molecule has 1 fully saturated rings. The van der Waals surface area contributed by atoms with Crippen LogP contribution in [0.1, 0.15) is 12.5 Å². The molecule has 11 heteroatoms. The summed E-state index contributed by atoms with van der Waals surface area (Å²) in [4.78, 5) is 49.6. The third-order valence-electron chi connectivity index (χ3n) is 5.98. The van der Waals surface area contributed by atoms with E-state index in [1.807, 2.05) is 54.6 Å². The van der Waals surface area contributed by atoms with E-state index in [9.17, 15) is 14.4 Å². The van der Waals surface area contributed by atoms with E-state index < -0.39 is 11.8 Å². The highest BCUT2D eigenvalue weighted by Gasteiger charge is 2.26. The van der Waals surface area contributed by atoms with Gasteiger partial charge in [-0.25, -0.2) is 9.97 Å². The zero-order valence-electron chi connectivity index (χ0n) is 21.1. The van der Waals surface area contributed by atoms with Crippen LogP contribution in [0.2, 0.25) is 5.02 Å². The van der Waals surface area contributed by atoms with E-state index in [2.05, 4.69) is 30.8 Å². The fraction of sp³-hybridized carbons (Fsp3) is 0.296. The minimum atomic E-state index is -0.752. The van der Waals surface area contributed by atoms with Crippen molar-refractivity contribution in [1.82, 2.24) is 25.1 Å². The average molecular weight is 536 g/mol. The number of nitrogens with one attached hydrogen (secondary N) is 3. The number of aromatic nitrogens is 2. The number of hydrogen-bond acceptors (Lipinski definition) is 7. The summed E-state index contributed by atoms with van der Waals surface area (Å²) in [6.45, 7) is 5.27. The summed E-state index contributed by atoms with van der Waals surface area (Å²) in [5, 5.41) is 9.16. The van der Waals surface area contributed by atoms with Gasteiger partial charge in [-0.2, -0.15) is 0 Å². The van der Waals surface area contributed by atoms with Crippen LogP contribution < -0.4 is 16.0 Å². The minimum Gasteiger partial charge on any atom is -0.368 e. The molecule has 0 bridgehead atoms. The molecule has 0 unspecified atom stereocenters. The smallest absolute Gasteiger partial charge is 0.315 e. The van der Waals surface area contributed by atoms with Crippen molar-refractivity contribution in [3.63, 3.8) is 0 Å². The molecule has 3 aromatic rings. The number of hydrogen-bond donors (Lipinski definition) is 3. The normalized spacial score (nSPS) is 13.6. The van der Waals surface area contributed by atoms with Crippen LogP contribution in [0.5, 0.6) is 0 Å². The van der Waals surface area contributed by atoms with Gasteiger partial charge in [0.2, 0.25) is 5.91 Å². The van der Waals surface area contributed by atoms with Gasteiger partial charge in [0, 0.05) is 69.4 Å². The van der Waals surface area contributed by atoms with Gasteiger partial charge in [-0.05, 0) is 17.7 Å². The van der Waals surface area contributed by atoms with E-state index in [0.29, 0.717) is 55.9 Å². The number of benzene rings is 2. The number of amides is 3. The molecule has 3 N–H and O–H groups in total. The molecule has 1 aromatic heterocycles. The van der Waals surface area contributed by atoms with Gasteiger partial charge in [-0.1, -0.05) is 54.1 Å². The zero-order chi connectivity index (χ0) is 26.9. The third kappa shape index (κ3) is 7.74. The quantitative estimate of drug-likeness (QED) is 0.299. The first-order chi connectivity index (χ1) is 18.4.